The molecule has 1 aromatic carbocycles. The number of thiazole rings is 1. The van der Waals surface area contributed by atoms with Crippen LogP contribution in [0.5, 0.6) is 5.75 Å². The molecule has 0 amide bonds. The molecule has 0 bridgehead atoms. The van der Waals surface area contributed by atoms with E-state index in [4.69, 9.17) is 18.8 Å². The topological polar surface area (TPSA) is 64.1 Å². The number of ether oxygens (including phenoxy) is 1. The fraction of sp³-hybridized carbons (Fsp3) is 0.654. The van der Waals surface area contributed by atoms with E-state index in [1.807, 2.05) is 13.8 Å². The molecule has 5 rings (SSSR count). The van der Waals surface area contributed by atoms with Crippen molar-refractivity contribution in [2.45, 2.75) is 71.1 Å². The summed E-state index contributed by atoms with van der Waals surface area (Å²) in [5, 5.41) is 1.04. The van der Waals surface area contributed by atoms with Gasteiger partial charge in [0.25, 0.3) is 0 Å². The van der Waals surface area contributed by atoms with Gasteiger partial charge in [0.05, 0.1) is 18.9 Å². The highest BCUT2D eigenvalue weighted by Crippen LogP contribution is 2.49. The molecule has 3 heterocycles. The fourth-order valence-corrected chi connectivity index (χ4v) is 8.25. The van der Waals surface area contributed by atoms with Crippen LogP contribution in [-0.4, -0.2) is 66.1 Å². The molecule has 9 heteroatoms. The van der Waals surface area contributed by atoms with Crippen molar-refractivity contribution in [2.24, 2.45) is 0 Å². The molecule has 192 valence electrons. The maximum atomic E-state index is 12.9. The van der Waals surface area contributed by atoms with Crippen LogP contribution in [-0.2, 0) is 26.6 Å². The van der Waals surface area contributed by atoms with E-state index in [-0.39, 0.29) is 0 Å². The van der Waals surface area contributed by atoms with Gasteiger partial charge >= 0.3 is 7.60 Å². The Labute approximate surface area is 213 Å². The van der Waals surface area contributed by atoms with Gasteiger partial charge in [0.1, 0.15) is 23.1 Å². The monoisotopic (exact) mass is 519 g/mol. The molecule has 7 nitrogen and oxygen atoms in total. The van der Waals surface area contributed by atoms with Crippen molar-refractivity contribution in [3.8, 4) is 16.3 Å². The van der Waals surface area contributed by atoms with E-state index in [0.717, 1.165) is 60.4 Å². The molecule has 1 aromatic heterocycles. The third-order valence-corrected chi connectivity index (χ3v) is 10.4. The van der Waals surface area contributed by atoms with Crippen LogP contribution in [0.1, 0.15) is 56.5 Å². The number of benzene rings is 1. The molecule has 3 aliphatic rings. The van der Waals surface area contributed by atoms with Gasteiger partial charge in [-0.15, -0.1) is 11.3 Å². The Hall–Kier alpha value is -1.28. The number of aromatic nitrogens is 1. The number of hydrogen-bond donors (Lipinski definition) is 0. The molecule has 2 aliphatic heterocycles. The zero-order valence-corrected chi connectivity index (χ0v) is 22.7. The molecule has 1 saturated carbocycles. The van der Waals surface area contributed by atoms with E-state index in [0.29, 0.717) is 25.6 Å². The molecule has 0 spiro atoms. The molecule has 35 heavy (non-hydrogen) atoms. The van der Waals surface area contributed by atoms with Gasteiger partial charge < -0.3 is 18.7 Å². The number of rotatable bonds is 10. The number of piperidine rings is 1. The Balaban J connectivity index is 1.15. The van der Waals surface area contributed by atoms with Crippen LogP contribution in [0.25, 0.3) is 10.6 Å². The van der Waals surface area contributed by atoms with E-state index in [1.165, 1.54) is 37.2 Å². The number of fused-ring (bicyclic) bond motifs is 1. The molecular weight excluding hydrogens is 481 g/mol. The first-order valence-corrected chi connectivity index (χ1v) is 15.7. The van der Waals surface area contributed by atoms with Gasteiger partial charge in [0, 0.05) is 48.8 Å². The van der Waals surface area contributed by atoms with Crippen LogP contribution < -0.4 is 4.74 Å². The lowest BCUT2D eigenvalue weighted by molar-refractivity contribution is 0.00893. The molecule has 0 N–H and O–H groups in total. The number of nitrogens with zero attached hydrogens (tertiary/aromatic N) is 3. The number of hydrogen-bond acceptors (Lipinski definition) is 8. The zero-order valence-electron chi connectivity index (χ0n) is 21.0. The average molecular weight is 520 g/mol. The van der Waals surface area contributed by atoms with Gasteiger partial charge in [-0.3, -0.25) is 9.46 Å². The van der Waals surface area contributed by atoms with Crippen molar-refractivity contribution in [3.63, 3.8) is 0 Å². The van der Waals surface area contributed by atoms with Crippen molar-refractivity contribution in [2.75, 3.05) is 39.1 Å². The summed E-state index contributed by atoms with van der Waals surface area (Å²) in [6.45, 7) is 8.56. The van der Waals surface area contributed by atoms with Gasteiger partial charge in [-0.25, -0.2) is 4.98 Å². The minimum absolute atomic E-state index is 0.327. The molecule has 0 unspecified atom stereocenters. The van der Waals surface area contributed by atoms with Crippen LogP contribution in [0.2, 0.25) is 0 Å². The minimum atomic E-state index is -3.08. The maximum absolute atomic E-state index is 12.9. The van der Waals surface area contributed by atoms with E-state index < -0.39 is 7.60 Å². The highest BCUT2D eigenvalue weighted by atomic mass is 32.1. The van der Waals surface area contributed by atoms with Crippen molar-refractivity contribution < 1.29 is 18.3 Å². The Kier molecular flexibility index (Phi) is 8.27. The molecule has 0 atom stereocenters. The first-order valence-electron chi connectivity index (χ1n) is 13.2. The summed E-state index contributed by atoms with van der Waals surface area (Å²) >= 11 is 1.73. The second-order valence-electron chi connectivity index (χ2n) is 9.77. The molecule has 0 radical (unpaired) electrons. The predicted octanol–water partition coefficient (Wildman–Crippen LogP) is 5.79. The highest BCUT2D eigenvalue weighted by molar-refractivity contribution is 7.53. The first-order chi connectivity index (χ1) is 17.0. The number of likely N-dealkylation sites (tertiary alicyclic amines) is 1. The molecule has 2 fully saturated rings. The van der Waals surface area contributed by atoms with Crippen LogP contribution in [0, 0.1) is 0 Å². The third kappa shape index (κ3) is 6.17. The van der Waals surface area contributed by atoms with Crippen LogP contribution in [0.4, 0.5) is 0 Å². The summed E-state index contributed by atoms with van der Waals surface area (Å²) in [5.41, 5.74) is 2.28. The van der Waals surface area contributed by atoms with Crippen LogP contribution in [0.15, 0.2) is 24.3 Å². The molecule has 1 saturated heterocycles. The molecular formula is C26H38N3O4PS. The summed E-state index contributed by atoms with van der Waals surface area (Å²) in [5.74, 6) is 0.950. The Morgan fingerprint density at radius 2 is 1.74 bits per heavy atom. The van der Waals surface area contributed by atoms with Gasteiger partial charge in [-0.2, -0.15) is 0 Å². The Morgan fingerprint density at radius 1 is 1.03 bits per heavy atom. The van der Waals surface area contributed by atoms with Gasteiger partial charge in [0.15, 0.2) is 0 Å². The molecule has 1 aliphatic carbocycles. The van der Waals surface area contributed by atoms with Crippen molar-refractivity contribution in [1.29, 1.82) is 0 Å². The SMILES string of the molecule is CCOP(=O)(CN1CCc2nc(-c3ccc(OC4CC(N5CCCCC5)C4)cc3)sc2C1)OCC. The lowest BCUT2D eigenvalue weighted by Gasteiger charge is -2.44. The summed E-state index contributed by atoms with van der Waals surface area (Å²) in [6.07, 6.45) is 7.91. The second kappa shape index (κ2) is 11.4. The van der Waals surface area contributed by atoms with E-state index in [9.17, 15) is 4.57 Å². The van der Waals surface area contributed by atoms with E-state index in [2.05, 4.69) is 34.1 Å². The predicted molar refractivity (Wildman–Crippen MR) is 140 cm³/mol. The van der Waals surface area contributed by atoms with Crippen LogP contribution >= 0.6 is 18.9 Å². The minimum Gasteiger partial charge on any atom is -0.490 e. The summed E-state index contributed by atoms with van der Waals surface area (Å²) in [4.78, 5) is 11.0. The highest BCUT2D eigenvalue weighted by Gasteiger charge is 2.35. The second-order valence-corrected chi connectivity index (χ2v) is 12.9. The fourth-order valence-electron chi connectivity index (χ4n) is 5.33. The standard InChI is InChI=1S/C26H38N3O4PS/c1-3-31-34(30,32-4-2)19-28-15-12-24-25(18-28)35-26(27-24)20-8-10-22(11-9-20)33-23-16-21(17-23)29-13-6-5-7-14-29/h8-11,21,23H,3-7,12-19H2,1-2H3. The van der Waals surface area contributed by atoms with Gasteiger partial charge in [0.2, 0.25) is 0 Å². The Bertz CT molecular complexity index is 1010. The first kappa shape index (κ1) is 25.4. The normalized spacial score (nSPS) is 23.6. The van der Waals surface area contributed by atoms with Gasteiger partial charge in [-0.05, 0) is 64.0 Å². The largest absolute Gasteiger partial charge is 0.490 e. The summed E-state index contributed by atoms with van der Waals surface area (Å²) in [7, 11) is -3.08. The van der Waals surface area contributed by atoms with Gasteiger partial charge in [-0.1, -0.05) is 6.42 Å². The third-order valence-electron chi connectivity index (χ3n) is 7.22. The Morgan fingerprint density at radius 3 is 2.43 bits per heavy atom. The van der Waals surface area contributed by atoms with Crippen molar-refractivity contribution >= 4 is 18.9 Å². The van der Waals surface area contributed by atoms with E-state index in [1.54, 1.807) is 11.3 Å². The van der Waals surface area contributed by atoms with E-state index >= 15 is 0 Å². The van der Waals surface area contributed by atoms with Crippen LogP contribution in [0.3, 0.4) is 0 Å². The summed E-state index contributed by atoms with van der Waals surface area (Å²) < 4.78 is 30.2. The van der Waals surface area contributed by atoms with Crippen molar-refractivity contribution in [3.05, 3.63) is 34.8 Å². The zero-order chi connectivity index (χ0) is 24.3. The lowest BCUT2D eigenvalue weighted by atomic mass is 9.86. The quantitative estimate of drug-likeness (QED) is 0.368. The smallest absolute Gasteiger partial charge is 0.344 e. The van der Waals surface area contributed by atoms with Crippen molar-refractivity contribution in [1.82, 2.24) is 14.8 Å². The lowest BCUT2D eigenvalue weighted by Crippen LogP contribution is -2.50. The average Bonchev–Trinajstić information content (AvgIpc) is 3.26. The summed E-state index contributed by atoms with van der Waals surface area (Å²) in [6, 6.07) is 9.12. The maximum Gasteiger partial charge on any atom is 0.344 e. The molecule has 2 aromatic rings.